The van der Waals surface area contributed by atoms with Crippen LogP contribution in [0.1, 0.15) is 31.7 Å². The average Bonchev–Trinajstić information content (AvgIpc) is 2.30. The number of halogens is 1. The Morgan fingerprint density at radius 1 is 1.31 bits per heavy atom. The van der Waals surface area contributed by atoms with E-state index in [1.165, 1.54) is 25.1 Å². The number of benzene rings is 1. The van der Waals surface area contributed by atoms with Gasteiger partial charge in [-0.1, -0.05) is 44.2 Å². The van der Waals surface area contributed by atoms with Gasteiger partial charge in [-0.05, 0) is 26.5 Å². The molecule has 88 valence electrons. The van der Waals surface area contributed by atoms with Crippen molar-refractivity contribution in [2.75, 3.05) is 13.1 Å². The van der Waals surface area contributed by atoms with Crippen molar-refractivity contribution in [3.63, 3.8) is 0 Å². The molecule has 1 aliphatic heterocycles. The number of nitrogens with zero attached hydrogens (tertiary/aromatic N) is 1. The van der Waals surface area contributed by atoms with Crippen molar-refractivity contribution >= 4 is 30.3 Å². The van der Waals surface area contributed by atoms with Crippen LogP contribution in [0.2, 0.25) is 0 Å². The van der Waals surface area contributed by atoms with Gasteiger partial charge in [-0.15, -0.1) is 0 Å². The zero-order chi connectivity index (χ0) is 11.6. The number of rotatable bonds is 2. The second kappa shape index (κ2) is 5.27. The third-order valence-corrected chi connectivity index (χ3v) is 5.83. The van der Waals surface area contributed by atoms with Crippen molar-refractivity contribution in [2.24, 2.45) is 5.41 Å². The van der Waals surface area contributed by atoms with Gasteiger partial charge in [0.1, 0.15) is 0 Å². The fourth-order valence-electron chi connectivity index (χ4n) is 2.43. The van der Waals surface area contributed by atoms with Crippen LogP contribution in [-0.2, 0) is 0 Å². The molecule has 1 fully saturated rings. The number of hydrogen-bond donors (Lipinski definition) is 0. The minimum atomic E-state index is 0.421. The summed E-state index contributed by atoms with van der Waals surface area (Å²) in [5.74, 6) is 0.657. The molecule has 0 amide bonds. The molecule has 2 rings (SSSR count). The second-order valence-corrected chi connectivity index (χ2v) is 6.99. The quantitative estimate of drug-likeness (QED) is 0.572. The second-order valence-electron chi connectivity index (χ2n) is 5.16. The Morgan fingerprint density at radius 3 is 2.62 bits per heavy atom. The smallest absolute Gasteiger partial charge is 0.0171 e. The average molecular weight is 347 g/mol. The molecule has 3 heteroatoms. The summed E-state index contributed by atoms with van der Waals surface area (Å²) in [5, 5.41) is 0. The molecule has 0 radical (unpaired) electrons. The molecule has 1 aromatic rings. The number of piperidine rings is 1. The van der Waals surface area contributed by atoms with Crippen LogP contribution < -0.4 is 0 Å². The van der Waals surface area contributed by atoms with E-state index in [4.69, 9.17) is 0 Å². The van der Waals surface area contributed by atoms with E-state index in [2.05, 4.69) is 69.7 Å². The Kier molecular flexibility index (Phi) is 4.19. The fraction of sp³-hybridized carbons (Fsp3) is 0.538. The molecule has 0 saturated carbocycles. The van der Waals surface area contributed by atoms with Gasteiger partial charge >= 0.3 is 0 Å². The van der Waals surface area contributed by atoms with E-state index in [0.717, 1.165) is 0 Å². The first-order valence-electron chi connectivity index (χ1n) is 5.72. The largest absolute Gasteiger partial charge is 0.241 e. The van der Waals surface area contributed by atoms with Gasteiger partial charge in [0.05, 0.1) is 0 Å². The van der Waals surface area contributed by atoms with Gasteiger partial charge in [-0.25, -0.2) is 4.31 Å². The molecule has 0 spiro atoms. The van der Waals surface area contributed by atoms with E-state index in [1.807, 2.05) is 9.12 Å². The maximum Gasteiger partial charge on any atom is 0.0171 e. The highest BCUT2D eigenvalue weighted by molar-refractivity contribution is 14.2. The van der Waals surface area contributed by atoms with E-state index in [-0.39, 0.29) is 0 Å². The Morgan fingerprint density at radius 2 is 2.00 bits per heavy atom. The maximum atomic E-state index is 2.48. The summed E-state index contributed by atoms with van der Waals surface area (Å²) >= 11 is 2.39. The highest BCUT2D eigenvalue weighted by Gasteiger charge is 2.36. The lowest BCUT2D eigenvalue weighted by Gasteiger charge is -2.43. The molecular weight excluding hydrogens is 329 g/mol. The van der Waals surface area contributed by atoms with E-state index < -0.39 is 0 Å². The van der Waals surface area contributed by atoms with Crippen molar-refractivity contribution in [3.8, 4) is 0 Å². The minimum absolute atomic E-state index is 0.421. The van der Waals surface area contributed by atoms with Crippen LogP contribution in [0.25, 0.3) is 0 Å². The summed E-state index contributed by atoms with van der Waals surface area (Å²) in [4.78, 5) is 0. The van der Waals surface area contributed by atoms with Crippen molar-refractivity contribution in [1.82, 2.24) is 4.31 Å². The van der Waals surface area contributed by atoms with Crippen LogP contribution in [0.5, 0.6) is 0 Å². The van der Waals surface area contributed by atoms with Gasteiger partial charge in [0, 0.05) is 40.2 Å². The highest BCUT2D eigenvalue weighted by Crippen LogP contribution is 2.44. The molecular formula is C13H18INS. The van der Waals surface area contributed by atoms with Crippen molar-refractivity contribution < 1.29 is 0 Å². The summed E-state index contributed by atoms with van der Waals surface area (Å²) in [6.45, 7) is 7.19. The monoisotopic (exact) mass is 347 g/mol. The topological polar surface area (TPSA) is 3.24 Å². The Balaban J connectivity index is 2.22. The molecule has 16 heavy (non-hydrogen) atoms. The van der Waals surface area contributed by atoms with Gasteiger partial charge in [0.25, 0.3) is 0 Å². The van der Waals surface area contributed by atoms with Gasteiger partial charge in [0.15, 0.2) is 0 Å². The Hall–Kier alpha value is 0.260. The summed E-state index contributed by atoms with van der Waals surface area (Å²) < 4.78 is 2.48. The van der Waals surface area contributed by atoms with Crippen LogP contribution in [0.3, 0.4) is 0 Å². The molecule has 1 aliphatic rings. The molecule has 1 unspecified atom stereocenters. The normalized spacial score (nSPS) is 25.6. The highest BCUT2D eigenvalue weighted by atomic mass is 127. The zero-order valence-corrected chi connectivity index (χ0v) is 12.8. The molecule has 1 saturated heterocycles. The van der Waals surface area contributed by atoms with Gasteiger partial charge in [-0.2, -0.15) is 0 Å². The van der Waals surface area contributed by atoms with Crippen molar-refractivity contribution in [2.45, 2.75) is 26.2 Å². The summed E-state index contributed by atoms with van der Waals surface area (Å²) in [6.07, 6.45) is 1.28. The van der Waals surface area contributed by atoms with E-state index >= 15 is 0 Å². The molecule has 1 aromatic carbocycles. The first-order chi connectivity index (χ1) is 7.63. The summed E-state index contributed by atoms with van der Waals surface area (Å²) in [5.41, 5.74) is 1.91. The Bertz CT molecular complexity index is 339. The molecule has 1 heterocycles. The minimum Gasteiger partial charge on any atom is -0.241 e. The molecule has 0 aliphatic carbocycles. The molecule has 0 bridgehead atoms. The van der Waals surface area contributed by atoms with Gasteiger partial charge in [-0.3, -0.25) is 0 Å². The van der Waals surface area contributed by atoms with Crippen LogP contribution in [0, 0.1) is 5.41 Å². The van der Waals surface area contributed by atoms with Crippen LogP contribution >= 0.6 is 30.3 Å². The predicted molar refractivity (Wildman–Crippen MR) is 80.8 cm³/mol. The van der Waals surface area contributed by atoms with E-state index in [1.54, 1.807) is 0 Å². The van der Waals surface area contributed by atoms with E-state index in [9.17, 15) is 0 Å². The van der Waals surface area contributed by atoms with Gasteiger partial charge < -0.3 is 0 Å². The van der Waals surface area contributed by atoms with Crippen LogP contribution in [0.15, 0.2) is 30.3 Å². The lowest BCUT2D eigenvalue weighted by Crippen LogP contribution is -2.39. The zero-order valence-electron chi connectivity index (χ0n) is 9.82. The third-order valence-electron chi connectivity index (χ3n) is 3.63. The molecule has 0 aromatic heterocycles. The SMILES string of the molecule is CC1(C)CCN(SI)CC1c1ccccc1. The lowest BCUT2D eigenvalue weighted by atomic mass is 9.71. The van der Waals surface area contributed by atoms with Crippen molar-refractivity contribution in [1.29, 1.82) is 0 Å². The predicted octanol–water partition coefficient (Wildman–Crippen LogP) is 4.50. The first kappa shape index (κ1) is 12.7. The summed E-state index contributed by atoms with van der Waals surface area (Å²) in [6, 6.07) is 11.0. The van der Waals surface area contributed by atoms with Crippen molar-refractivity contribution in [3.05, 3.63) is 35.9 Å². The Labute approximate surface area is 115 Å². The van der Waals surface area contributed by atoms with E-state index in [0.29, 0.717) is 11.3 Å². The number of hydrogen-bond acceptors (Lipinski definition) is 2. The van der Waals surface area contributed by atoms with Crippen LogP contribution in [-0.4, -0.2) is 17.4 Å². The molecule has 1 atom stereocenters. The standard InChI is InChI=1S/C13H18INS/c1-13(2)8-9-15(16-14)10-12(13)11-6-4-3-5-7-11/h3-7,12H,8-10H2,1-2H3. The first-order valence-corrected chi connectivity index (χ1v) is 9.04. The van der Waals surface area contributed by atoms with Crippen LogP contribution in [0.4, 0.5) is 0 Å². The summed E-state index contributed by atoms with van der Waals surface area (Å²) in [7, 11) is 1.85. The molecule has 0 N–H and O–H groups in total. The fourth-order valence-corrected chi connectivity index (χ4v) is 3.87. The van der Waals surface area contributed by atoms with Gasteiger partial charge in [0.2, 0.25) is 0 Å². The maximum absolute atomic E-state index is 2.48. The molecule has 1 nitrogen and oxygen atoms in total. The lowest BCUT2D eigenvalue weighted by molar-refractivity contribution is 0.167. The third kappa shape index (κ3) is 2.74.